The molecule has 2 rings (SSSR count). The van der Waals surface area contributed by atoms with Crippen LogP contribution in [0.1, 0.15) is 18.7 Å². The molecule has 8 nitrogen and oxygen atoms in total. The lowest BCUT2D eigenvalue weighted by atomic mass is 10.2. The van der Waals surface area contributed by atoms with Crippen molar-refractivity contribution in [3.8, 4) is 11.5 Å². The van der Waals surface area contributed by atoms with Crippen LogP contribution in [-0.4, -0.2) is 26.2 Å². The monoisotopic (exact) mass is 355 g/mol. The highest BCUT2D eigenvalue weighted by Crippen LogP contribution is 2.28. The predicted octanol–water partition coefficient (Wildman–Crippen LogP) is 2.81. The lowest BCUT2D eigenvalue weighted by Crippen LogP contribution is -1.95. The van der Waals surface area contributed by atoms with Gasteiger partial charge in [0.25, 0.3) is 5.69 Å². The molecule has 0 aliphatic heterocycles. The molecule has 1 aromatic heterocycles. The van der Waals surface area contributed by atoms with E-state index in [4.69, 9.17) is 9.52 Å². The molecule has 0 aliphatic rings. The van der Waals surface area contributed by atoms with E-state index in [2.05, 4.69) is 26.1 Å². The number of non-ortho nitro benzene ring substituents is 1. The van der Waals surface area contributed by atoms with Crippen LogP contribution in [0.4, 0.5) is 5.69 Å². The molecule has 0 unspecified atom stereocenters. The van der Waals surface area contributed by atoms with Gasteiger partial charge in [0.05, 0.1) is 4.92 Å². The van der Waals surface area contributed by atoms with Crippen LogP contribution in [-0.2, 0) is 11.2 Å². The number of rotatable bonds is 6. The third kappa shape index (κ3) is 4.09. The molecule has 9 heteroatoms. The zero-order valence-electron chi connectivity index (χ0n) is 10.7. The van der Waals surface area contributed by atoms with Gasteiger partial charge in [0.2, 0.25) is 11.8 Å². The van der Waals surface area contributed by atoms with Crippen molar-refractivity contribution in [2.45, 2.75) is 19.3 Å². The molecule has 0 amide bonds. The molecule has 1 heterocycles. The van der Waals surface area contributed by atoms with Crippen molar-refractivity contribution in [1.29, 1.82) is 0 Å². The van der Waals surface area contributed by atoms with Crippen molar-refractivity contribution in [3.05, 3.63) is 38.7 Å². The first-order chi connectivity index (χ1) is 9.95. The average molecular weight is 356 g/mol. The second-order valence-electron chi connectivity index (χ2n) is 4.20. The lowest BCUT2D eigenvalue weighted by molar-refractivity contribution is -0.384. The number of nitrogens with zero attached hydrogens (tertiary/aromatic N) is 3. The number of carboxylic acid groups (broad SMARTS) is 1. The Morgan fingerprint density at radius 2 is 2.14 bits per heavy atom. The van der Waals surface area contributed by atoms with Crippen LogP contribution < -0.4 is 0 Å². The normalized spacial score (nSPS) is 10.5. The number of aliphatic carboxylic acids is 1. The van der Waals surface area contributed by atoms with E-state index in [1.54, 1.807) is 6.07 Å². The highest BCUT2D eigenvalue weighted by atomic mass is 79.9. The summed E-state index contributed by atoms with van der Waals surface area (Å²) in [4.78, 5) is 20.7. The van der Waals surface area contributed by atoms with Crippen LogP contribution in [0, 0.1) is 10.1 Å². The van der Waals surface area contributed by atoms with Crippen LogP contribution in [0.25, 0.3) is 11.5 Å². The zero-order valence-corrected chi connectivity index (χ0v) is 12.2. The number of nitro benzene ring substituents is 1. The van der Waals surface area contributed by atoms with Crippen molar-refractivity contribution < 1.29 is 19.2 Å². The summed E-state index contributed by atoms with van der Waals surface area (Å²) in [6, 6.07) is 4.33. The van der Waals surface area contributed by atoms with E-state index in [1.165, 1.54) is 12.1 Å². The molecule has 21 heavy (non-hydrogen) atoms. The minimum Gasteiger partial charge on any atom is -0.481 e. The Labute approximate surface area is 127 Å². The van der Waals surface area contributed by atoms with E-state index in [0.29, 0.717) is 28.8 Å². The third-order valence-corrected chi connectivity index (χ3v) is 3.05. The van der Waals surface area contributed by atoms with Gasteiger partial charge < -0.3 is 9.52 Å². The minimum absolute atomic E-state index is 0.0140. The maximum absolute atomic E-state index is 10.8. The molecule has 0 fully saturated rings. The van der Waals surface area contributed by atoms with E-state index in [9.17, 15) is 14.9 Å². The summed E-state index contributed by atoms with van der Waals surface area (Å²) in [5.41, 5.74) is 0.332. The lowest BCUT2D eigenvalue weighted by Gasteiger charge is -1.97. The Kier molecular flexibility index (Phi) is 4.63. The molecule has 2 aromatic rings. The molecule has 0 radical (unpaired) electrons. The van der Waals surface area contributed by atoms with Gasteiger partial charge in [-0.15, -0.1) is 10.2 Å². The van der Waals surface area contributed by atoms with E-state index >= 15 is 0 Å². The first-order valence-electron chi connectivity index (χ1n) is 5.95. The standard InChI is InChI=1S/C12H10BrN3O5/c13-8-4-7(5-9(6-8)16(19)20)12-15-14-10(21-12)2-1-3-11(17)18/h4-6H,1-3H2,(H,17,18). The van der Waals surface area contributed by atoms with Gasteiger partial charge in [-0.1, -0.05) is 15.9 Å². The van der Waals surface area contributed by atoms with E-state index in [-0.39, 0.29) is 18.0 Å². The summed E-state index contributed by atoms with van der Waals surface area (Å²) < 4.78 is 5.91. The number of hydrogen-bond donors (Lipinski definition) is 1. The Morgan fingerprint density at radius 3 is 2.81 bits per heavy atom. The molecular weight excluding hydrogens is 346 g/mol. The van der Waals surface area contributed by atoms with Gasteiger partial charge in [-0.25, -0.2) is 0 Å². The Hall–Kier alpha value is -2.29. The molecular formula is C12H10BrN3O5. The highest BCUT2D eigenvalue weighted by molar-refractivity contribution is 9.10. The molecule has 1 aromatic carbocycles. The van der Waals surface area contributed by atoms with Gasteiger partial charge in [-0.2, -0.15) is 0 Å². The summed E-state index contributed by atoms with van der Waals surface area (Å²) in [7, 11) is 0. The van der Waals surface area contributed by atoms with Crippen molar-refractivity contribution in [2.75, 3.05) is 0 Å². The van der Waals surface area contributed by atoms with Crippen LogP contribution in [0.3, 0.4) is 0 Å². The number of nitro groups is 1. The predicted molar refractivity (Wildman–Crippen MR) is 74.7 cm³/mol. The number of carbonyl (C=O) groups is 1. The summed E-state index contributed by atoms with van der Waals surface area (Å²) in [5, 5.41) is 27.0. The molecule has 0 aliphatic carbocycles. The van der Waals surface area contributed by atoms with Crippen molar-refractivity contribution in [2.24, 2.45) is 0 Å². The van der Waals surface area contributed by atoms with E-state index in [1.807, 2.05) is 0 Å². The van der Waals surface area contributed by atoms with E-state index in [0.717, 1.165) is 0 Å². The van der Waals surface area contributed by atoms with Gasteiger partial charge >= 0.3 is 5.97 Å². The van der Waals surface area contributed by atoms with Crippen LogP contribution >= 0.6 is 15.9 Å². The summed E-state index contributed by atoms with van der Waals surface area (Å²) in [6.07, 6.45) is 0.741. The summed E-state index contributed by atoms with van der Waals surface area (Å²) in [5.74, 6) is -0.434. The number of aryl methyl sites for hydroxylation is 1. The molecule has 0 spiro atoms. The van der Waals surface area contributed by atoms with Crippen molar-refractivity contribution in [1.82, 2.24) is 10.2 Å². The van der Waals surface area contributed by atoms with Gasteiger partial charge in [0, 0.05) is 35.0 Å². The number of carboxylic acids is 1. The fourth-order valence-corrected chi connectivity index (χ4v) is 2.15. The smallest absolute Gasteiger partial charge is 0.303 e. The molecule has 0 bridgehead atoms. The average Bonchev–Trinajstić information content (AvgIpc) is 2.86. The quantitative estimate of drug-likeness (QED) is 0.624. The Bertz CT molecular complexity index is 685. The minimum atomic E-state index is -0.891. The summed E-state index contributed by atoms with van der Waals surface area (Å²) in [6.45, 7) is 0. The van der Waals surface area contributed by atoms with Gasteiger partial charge in [0.1, 0.15) is 0 Å². The Morgan fingerprint density at radius 1 is 1.38 bits per heavy atom. The fourth-order valence-electron chi connectivity index (χ4n) is 1.67. The molecule has 1 N–H and O–H groups in total. The van der Waals surface area contributed by atoms with Gasteiger partial charge in [-0.05, 0) is 12.5 Å². The maximum atomic E-state index is 10.8. The Balaban J connectivity index is 2.17. The topological polar surface area (TPSA) is 119 Å². The largest absolute Gasteiger partial charge is 0.481 e. The number of aromatic nitrogens is 2. The van der Waals surface area contributed by atoms with Crippen LogP contribution in [0.2, 0.25) is 0 Å². The number of benzene rings is 1. The van der Waals surface area contributed by atoms with E-state index < -0.39 is 10.9 Å². The number of halogens is 1. The van der Waals surface area contributed by atoms with Crippen LogP contribution in [0.15, 0.2) is 27.1 Å². The second-order valence-corrected chi connectivity index (χ2v) is 5.12. The van der Waals surface area contributed by atoms with Crippen molar-refractivity contribution in [3.63, 3.8) is 0 Å². The first-order valence-corrected chi connectivity index (χ1v) is 6.74. The van der Waals surface area contributed by atoms with Crippen molar-refractivity contribution >= 4 is 27.6 Å². The molecule has 0 atom stereocenters. The highest BCUT2D eigenvalue weighted by Gasteiger charge is 2.14. The zero-order chi connectivity index (χ0) is 15.4. The SMILES string of the molecule is O=C(O)CCCc1nnc(-c2cc(Br)cc([N+](=O)[O-])c2)o1. The van der Waals surface area contributed by atoms with Gasteiger partial charge in [-0.3, -0.25) is 14.9 Å². The number of hydrogen-bond acceptors (Lipinski definition) is 6. The fraction of sp³-hybridized carbons (Fsp3) is 0.250. The maximum Gasteiger partial charge on any atom is 0.303 e. The van der Waals surface area contributed by atoms with Crippen LogP contribution in [0.5, 0.6) is 0 Å². The first kappa shape index (κ1) is 15.1. The molecule has 0 saturated heterocycles. The van der Waals surface area contributed by atoms with Gasteiger partial charge in [0.15, 0.2) is 0 Å². The second kappa shape index (κ2) is 6.44. The molecule has 0 saturated carbocycles. The molecule has 110 valence electrons. The third-order valence-electron chi connectivity index (χ3n) is 2.59. The summed E-state index contributed by atoms with van der Waals surface area (Å²) >= 11 is 3.18.